The summed E-state index contributed by atoms with van der Waals surface area (Å²) < 4.78 is 0. The van der Waals surface area contributed by atoms with Gasteiger partial charge in [-0.3, -0.25) is 5.14 Å². The maximum absolute atomic E-state index is 5.51. The van der Waals surface area contributed by atoms with Crippen LogP contribution in [0.3, 0.4) is 0 Å². The fraction of sp³-hybridized carbons (Fsp3) is 1.00. The van der Waals surface area contributed by atoms with Crippen LogP contribution in [0.15, 0.2) is 0 Å². The van der Waals surface area contributed by atoms with Gasteiger partial charge in [-0.15, -0.1) is 0 Å². The predicted molar refractivity (Wildman–Crippen MR) is 43.2 cm³/mol. The van der Waals surface area contributed by atoms with Gasteiger partial charge in [0.05, 0.1) is 0 Å². The van der Waals surface area contributed by atoms with Gasteiger partial charge in [-0.2, -0.15) is 0 Å². The molecule has 9 heavy (non-hydrogen) atoms. The van der Waals surface area contributed by atoms with Crippen molar-refractivity contribution in [3.05, 3.63) is 0 Å². The first-order chi connectivity index (χ1) is 4.34. The molecule has 0 heterocycles. The molecule has 2 heteroatoms. The predicted octanol–water partition coefficient (Wildman–Crippen LogP) is 2.17. The van der Waals surface area contributed by atoms with Crippen LogP contribution in [0.5, 0.6) is 0 Å². The van der Waals surface area contributed by atoms with Crippen LogP contribution in [0.25, 0.3) is 0 Å². The fourth-order valence-electron chi connectivity index (χ4n) is 1.48. The second kappa shape index (κ2) is 3.47. The lowest BCUT2D eigenvalue weighted by Gasteiger charge is -2.26. The van der Waals surface area contributed by atoms with Gasteiger partial charge in [-0.25, -0.2) is 0 Å². The maximum atomic E-state index is 5.51. The standard InChI is InChI=1S/C7H15NS/c1-6-4-2-3-5-7(6)9-8/h6-7H,2-5,8H2,1H3. The molecule has 0 aromatic rings. The van der Waals surface area contributed by atoms with Gasteiger partial charge in [0.25, 0.3) is 0 Å². The molecule has 1 saturated carbocycles. The second-order valence-electron chi connectivity index (χ2n) is 2.94. The molecule has 1 aliphatic rings. The first-order valence-electron chi connectivity index (χ1n) is 3.70. The van der Waals surface area contributed by atoms with Gasteiger partial charge in [0.15, 0.2) is 0 Å². The van der Waals surface area contributed by atoms with Crippen LogP contribution in [0.1, 0.15) is 32.6 Å². The second-order valence-corrected chi connectivity index (χ2v) is 3.81. The van der Waals surface area contributed by atoms with Gasteiger partial charge in [0.2, 0.25) is 0 Å². The van der Waals surface area contributed by atoms with Gasteiger partial charge >= 0.3 is 0 Å². The van der Waals surface area contributed by atoms with E-state index in [0.717, 1.165) is 11.2 Å². The Labute approximate surface area is 61.5 Å². The molecule has 54 valence electrons. The molecule has 0 amide bonds. The van der Waals surface area contributed by atoms with Crippen LogP contribution in [0.4, 0.5) is 0 Å². The maximum Gasteiger partial charge on any atom is 0.0216 e. The molecule has 2 unspecified atom stereocenters. The van der Waals surface area contributed by atoms with E-state index in [0.29, 0.717) is 0 Å². The Balaban J connectivity index is 2.30. The first kappa shape index (κ1) is 7.42. The summed E-state index contributed by atoms with van der Waals surface area (Å²) in [5.41, 5.74) is 0. The normalized spacial score (nSPS) is 36.7. The SMILES string of the molecule is CC1CCCCC1SN. The molecular formula is C7H15NS. The minimum Gasteiger partial charge on any atom is -0.278 e. The van der Waals surface area contributed by atoms with Crippen molar-refractivity contribution in [2.45, 2.75) is 37.9 Å². The first-order valence-corrected chi connectivity index (χ1v) is 4.64. The highest BCUT2D eigenvalue weighted by atomic mass is 32.2. The van der Waals surface area contributed by atoms with Crippen molar-refractivity contribution in [2.24, 2.45) is 11.1 Å². The number of hydrogen-bond donors (Lipinski definition) is 1. The molecule has 0 aliphatic heterocycles. The molecule has 0 spiro atoms. The summed E-state index contributed by atoms with van der Waals surface area (Å²) in [5.74, 6) is 0.855. The van der Waals surface area contributed by atoms with E-state index >= 15 is 0 Å². The zero-order valence-corrected chi connectivity index (χ0v) is 6.79. The van der Waals surface area contributed by atoms with Gasteiger partial charge in [0.1, 0.15) is 0 Å². The Morgan fingerprint density at radius 1 is 1.33 bits per heavy atom. The van der Waals surface area contributed by atoms with E-state index in [1.807, 2.05) is 0 Å². The molecule has 2 atom stereocenters. The molecule has 0 saturated heterocycles. The third-order valence-corrected chi connectivity index (χ3v) is 3.26. The average molecular weight is 145 g/mol. The van der Waals surface area contributed by atoms with Crippen molar-refractivity contribution in [1.82, 2.24) is 0 Å². The minimum absolute atomic E-state index is 0.749. The number of hydrogen-bond acceptors (Lipinski definition) is 2. The molecule has 0 bridgehead atoms. The monoisotopic (exact) mass is 145 g/mol. The average Bonchev–Trinajstić information content (AvgIpc) is 1.89. The van der Waals surface area contributed by atoms with E-state index < -0.39 is 0 Å². The van der Waals surface area contributed by atoms with Crippen LogP contribution in [0.2, 0.25) is 0 Å². The van der Waals surface area contributed by atoms with Crippen LogP contribution >= 0.6 is 11.9 Å². The molecule has 1 fully saturated rings. The van der Waals surface area contributed by atoms with Crippen LogP contribution < -0.4 is 5.14 Å². The summed E-state index contributed by atoms with van der Waals surface area (Å²) in [5, 5.41) is 6.26. The summed E-state index contributed by atoms with van der Waals surface area (Å²) in [6, 6.07) is 0. The van der Waals surface area contributed by atoms with Crippen molar-refractivity contribution >= 4 is 11.9 Å². The summed E-state index contributed by atoms with van der Waals surface area (Å²) in [6.45, 7) is 2.31. The Morgan fingerprint density at radius 2 is 2.00 bits per heavy atom. The fourth-order valence-corrected chi connectivity index (χ4v) is 2.19. The third kappa shape index (κ3) is 1.87. The molecule has 2 N–H and O–H groups in total. The van der Waals surface area contributed by atoms with E-state index in [4.69, 9.17) is 5.14 Å². The zero-order chi connectivity index (χ0) is 6.69. The Kier molecular flexibility index (Phi) is 2.86. The highest BCUT2D eigenvalue weighted by Gasteiger charge is 2.19. The summed E-state index contributed by atoms with van der Waals surface area (Å²) >= 11 is 1.55. The third-order valence-electron chi connectivity index (χ3n) is 2.21. The van der Waals surface area contributed by atoms with Crippen molar-refractivity contribution in [3.63, 3.8) is 0 Å². The molecule has 1 rings (SSSR count). The van der Waals surface area contributed by atoms with Crippen LogP contribution in [0, 0.1) is 5.92 Å². The summed E-state index contributed by atoms with van der Waals surface area (Å²) in [4.78, 5) is 0. The molecule has 1 nitrogen and oxygen atoms in total. The van der Waals surface area contributed by atoms with E-state index in [-0.39, 0.29) is 0 Å². The summed E-state index contributed by atoms with van der Waals surface area (Å²) in [7, 11) is 0. The lowest BCUT2D eigenvalue weighted by Crippen LogP contribution is -2.20. The van der Waals surface area contributed by atoms with Crippen molar-refractivity contribution in [3.8, 4) is 0 Å². The molecule has 0 aromatic carbocycles. The van der Waals surface area contributed by atoms with Crippen molar-refractivity contribution < 1.29 is 0 Å². The van der Waals surface area contributed by atoms with Gasteiger partial charge < -0.3 is 0 Å². The van der Waals surface area contributed by atoms with Crippen LogP contribution in [-0.2, 0) is 0 Å². The molecular weight excluding hydrogens is 130 g/mol. The highest BCUT2D eigenvalue weighted by Crippen LogP contribution is 2.29. The van der Waals surface area contributed by atoms with E-state index in [1.165, 1.54) is 25.7 Å². The number of nitrogens with two attached hydrogens (primary N) is 1. The van der Waals surface area contributed by atoms with Gasteiger partial charge in [0, 0.05) is 5.25 Å². The van der Waals surface area contributed by atoms with E-state index in [9.17, 15) is 0 Å². The summed E-state index contributed by atoms with van der Waals surface area (Å²) in [6.07, 6.45) is 5.52. The molecule has 0 radical (unpaired) electrons. The lowest BCUT2D eigenvalue weighted by atomic mass is 9.90. The highest BCUT2D eigenvalue weighted by molar-refractivity contribution is 7.97. The Hall–Kier alpha value is 0.310. The van der Waals surface area contributed by atoms with Crippen molar-refractivity contribution in [1.29, 1.82) is 0 Å². The van der Waals surface area contributed by atoms with E-state index in [2.05, 4.69) is 6.92 Å². The smallest absolute Gasteiger partial charge is 0.0216 e. The Bertz CT molecular complexity index is 85.0. The van der Waals surface area contributed by atoms with Crippen molar-refractivity contribution in [2.75, 3.05) is 0 Å². The van der Waals surface area contributed by atoms with Gasteiger partial charge in [-0.05, 0) is 18.8 Å². The largest absolute Gasteiger partial charge is 0.278 e. The lowest BCUT2D eigenvalue weighted by molar-refractivity contribution is 0.398. The van der Waals surface area contributed by atoms with Crippen LogP contribution in [-0.4, -0.2) is 5.25 Å². The Morgan fingerprint density at radius 3 is 2.44 bits per heavy atom. The quantitative estimate of drug-likeness (QED) is 0.572. The van der Waals surface area contributed by atoms with E-state index in [1.54, 1.807) is 11.9 Å². The molecule has 1 aliphatic carbocycles. The van der Waals surface area contributed by atoms with Gasteiger partial charge in [-0.1, -0.05) is 31.7 Å². The zero-order valence-electron chi connectivity index (χ0n) is 5.97. The molecule has 0 aromatic heterocycles. The number of rotatable bonds is 1. The topological polar surface area (TPSA) is 26.0 Å². The minimum atomic E-state index is 0.749.